The van der Waals surface area contributed by atoms with Crippen LogP contribution in [-0.2, 0) is 4.79 Å². The van der Waals surface area contributed by atoms with Crippen molar-refractivity contribution in [2.75, 3.05) is 0 Å². The van der Waals surface area contributed by atoms with Crippen LogP contribution >= 0.6 is 11.5 Å². The predicted molar refractivity (Wildman–Crippen MR) is 67.4 cm³/mol. The molecule has 0 aromatic carbocycles. The molecule has 7 heteroatoms. The molecule has 6 nitrogen and oxygen atoms in total. The molecule has 0 aliphatic heterocycles. The van der Waals surface area contributed by atoms with Gasteiger partial charge in [0.1, 0.15) is 4.88 Å². The van der Waals surface area contributed by atoms with E-state index in [4.69, 9.17) is 5.21 Å². The van der Waals surface area contributed by atoms with E-state index in [1.807, 2.05) is 20.8 Å². The van der Waals surface area contributed by atoms with Crippen LogP contribution in [0.3, 0.4) is 0 Å². The third-order valence-corrected chi connectivity index (χ3v) is 3.13. The van der Waals surface area contributed by atoms with Crippen LogP contribution in [0, 0.1) is 5.41 Å². The number of amides is 2. The molecule has 1 rings (SSSR count). The van der Waals surface area contributed by atoms with Gasteiger partial charge in [0.15, 0.2) is 0 Å². The van der Waals surface area contributed by atoms with Crippen LogP contribution in [-0.4, -0.2) is 21.4 Å². The molecular formula is C11H17N3O3S. The number of nitrogens with zero attached hydrogens (tertiary/aromatic N) is 1. The van der Waals surface area contributed by atoms with Gasteiger partial charge in [-0.15, -0.1) is 0 Å². The highest BCUT2D eigenvalue weighted by atomic mass is 32.1. The lowest BCUT2D eigenvalue weighted by atomic mass is 9.95. The minimum atomic E-state index is -0.604. The first-order chi connectivity index (χ1) is 8.25. The Bertz CT molecular complexity index is 451. The highest BCUT2D eigenvalue weighted by Crippen LogP contribution is 2.19. The minimum Gasteiger partial charge on any atom is -0.348 e. The molecule has 0 radical (unpaired) electrons. The Morgan fingerprint density at radius 2 is 2.06 bits per heavy atom. The van der Waals surface area contributed by atoms with Gasteiger partial charge in [-0.1, -0.05) is 20.8 Å². The van der Waals surface area contributed by atoms with Crippen molar-refractivity contribution >= 4 is 23.3 Å². The van der Waals surface area contributed by atoms with Crippen LogP contribution in [0.15, 0.2) is 6.07 Å². The Kier molecular flexibility index (Phi) is 4.42. The molecule has 0 unspecified atom stereocenters. The highest BCUT2D eigenvalue weighted by molar-refractivity contribution is 7.08. The summed E-state index contributed by atoms with van der Waals surface area (Å²) in [5.41, 5.74) is 1.66. The Morgan fingerprint density at radius 3 is 2.56 bits per heavy atom. The predicted octanol–water partition coefficient (Wildman–Crippen LogP) is 1.49. The van der Waals surface area contributed by atoms with E-state index in [1.54, 1.807) is 18.5 Å². The molecule has 3 N–H and O–H groups in total. The van der Waals surface area contributed by atoms with Crippen molar-refractivity contribution in [2.24, 2.45) is 5.41 Å². The van der Waals surface area contributed by atoms with Crippen molar-refractivity contribution in [1.82, 2.24) is 15.2 Å². The summed E-state index contributed by atoms with van der Waals surface area (Å²) in [7, 11) is 0. The maximum atomic E-state index is 11.8. The number of hydroxylamine groups is 1. The van der Waals surface area contributed by atoms with Gasteiger partial charge in [-0.25, -0.2) is 5.48 Å². The highest BCUT2D eigenvalue weighted by Gasteiger charge is 2.24. The van der Waals surface area contributed by atoms with Gasteiger partial charge in [0.2, 0.25) is 5.91 Å². The first kappa shape index (κ1) is 14.6. The van der Waals surface area contributed by atoms with Crippen LogP contribution in [0.4, 0.5) is 0 Å². The fraction of sp³-hybridized carbons (Fsp3) is 0.545. The van der Waals surface area contributed by atoms with Gasteiger partial charge >= 0.3 is 0 Å². The zero-order valence-corrected chi connectivity index (χ0v) is 11.6. The van der Waals surface area contributed by atoms with Crippen molar-refractivity contribution in [2.45, 2.75) is 33.7 Å². The van der Waals surface area contributed by atoms with Crippen molar-refractivity contribution in [3.8, 4) is 0 Å². The van der Waals surface area contributed by atoms with Crippen LogP contribution in [0.1, 0.15) is 49.1 Å². The Balaban J connectivity index is 2.73. The summed E-state index contributed by atoms with van der Waals surface area (Å²) in [4.78, 5) is 23.2. The second-order valence-electron chi connectivity index (χ2n) is 5.00. The lowest BCUT2D eigenvalue weighted by molar-refractivity contribution is -0.129. The summed E-state index contributed by atoms with van der Waals surface area (Å²) in [5.74, 6) is -0.691. The summed E-state index contributed by atoms with van der Waals surface area (Å²) < 4.78 is 4.08. The Labute approximate surface area is 110 Å². The van der Waals surface area contributed by atoms with E-state index in [1.165, 1.54) is 0 Å². The maximum absolute atomic E-state index is 11.8. The van der Waals surface area contributed by atoms with Gasteiger partial charge in [-0.2, -0.15) is 4.37 Å². The first-order valence-corrected chi connectivity index (χ1v) is 6.25. The van der Waals surface area contributed by atoms with Crippen LogP contribution < -0.4 is 10.8 Å². The average molecular weight is 271 g/mol. The zero-order valence-electron chi connectivity index (χ0n) is 10.8. The topological polar surface area (TPSA) is 91.3 Å². The van der Waals surface area contributed by atoms with E-state index in [2.05, 4.69) is 9.69 Å². The Hall–Kier alpha value is -1.47. The molecule has 100 valence electrons. The number of aromatic nitrogens is 1. The molecule has 1 atom stereocenters. The molecule has 2 amide bonds. The monoisotopic (exact) mass is 271 g/mol. The van der Waals surface area contributed by atoms with Crippen molar-refractivity contribution < 1.29 is 14.8 Å². The fourth-order valence-electron chi connectivity index (χ4n) is 1.14. The standard InChI is InChI=1S/C11H17N3O3S/c1-6(12-10(16)11(2,3)4)7-5-8(18-14-7)9(15)13-17/h5-6,17H,1-4H3,(H,12,16)(H,13,15)/t6-/m0/s1. The quantitative estimate of drug-likeness (QED) is 0.573. The molecule has 0 aliphatic carbocycles. The number of hydrogen-bond donors (Lipinski definition) is 3. The number of rotatable bonds is 3. The minimum absolute atomic E-state index is 0.0869. The number of carbonyl (C=O) groups excluding carboxylic acids is 2. The van der Waals surface area contributed by atoms with Gasteiger partial charge in [-0.3, -0.25) is 14.8 Å². The van der Waals surface area contributed by atoms with Crippen molar-refractivity contribution in [3.63, 3.8) is 0 Å². The van der Waals surface area contributed by atoms with E-state index in [9.17, 15) is 9.59 Å². The second kappa shape index (κ2) is 5.45. The zero-order chi connectivity index (χ0) is 13.9. The summed E-state index contributed by atoms with van der Waals surface area (Å²) in [6.45, 7) is 7.25. The molecule has 0 saturated carbocycles. The van der Waals surface area contributed by atoms with Gasteiger partial charge in [0, 0.05) is 5.41 Å². The summed E-state index contributed by atoms with van der Waals surface area (Å²) in [6, 6.07) is 1.26. The molecule has 1 heterocycles. The molecule has 0 saturated heterocycles. The van der Waals surface area contributed by atoms with E-state index in [0.29, 0.717) is 10.6 Å². The number of hydrogen-bond acceptors (Lipinski definition) is 5. The summed E-state index contributed by atoms with van der Waals surface area (Å²) in [5, 5.41) is 11.3. The van der Waals surface area contributed by atoms with Gasteiger partial charge < -0.3 is 5.32 Å². The number of nitrogens with one attached hydrogen (secondary N) is 2. The molecule has 0 spiro atoms. The fourth-order valence-corrected chi connectivity index (χ4v) is 1.86. The van der Waals surface area contributed by atoms with E-state index in [-0.39, 0.29) is 11.9 Å². The maximum Gasteiger partial charge on any atom is 0.286 e. The lowest BCUT2D eigenvalue weighted by Crippen LogP contribution is -2.36. The van der Waals surface area contributed by atoms with Crippen LogP contribution in [0.5, 0.6) is 0 Å². The third kappa shape index (κ3) is 3.51. The lowest BCUT2D eigenvalue weighted by Gasteiger charge is -2.20. The molecular weight excluding hydrogens is 254 g/mol. The summed E-state index contributed by atoms with van der Waals surface area (Å²) in [6.07, 6.45) is 0. The van der Waals surface area contributed by atoms with E-state index >= 15 is 0 Å². The summed E-state index contributed by atoms with van der Waals surface area (Å²) >= 11 is 0.972. The molecule has 1 aromatic heterocycles. The molecule has 18 heavy (non-hydrogen) atoms. The van der Waals surface area contributed by atoms with Gasteiger partial charge in [0.25, 0.3) is 5.91 Å². The van der Waals surface area contributed by atoms with Gasteiger partial charge in [-0.05, 0) is 24.5 Å². The first-order valence-electron chi connectivity index (χ1n) is 5.47. The SMILES string of the molecule is C[C@H](NC(=O)C(C)(C)C)c1cc(C(=O)NO)sn1. The van der Waals surface area contributed by atoms with Crippen LogP contribution in [0.25, 0.3) is 0 Å². The molecule has 0 bridgehead atoms. The molecule has 1 aromatic rings. The van der Waals surface area contributed by atoms with E-state index in [0.717, 1.165) is 11.5 Å². The third-order valence-electron chi connectivity index (χ3n) is 2.33. The van der Waals surface area contributed by atoms with Gasteiger partial charge in [0.05, 0.1) is 11.7 Å². The van der Waals surface area contributed by atoms with Crippen LogP contribution in [0.2, 0.25) is 0 Å². The molecule has 0 aliphatic rings. The Morgan fingerprint density at radius 1 is 1.44 bits per heavy atom. The van der Waals surface area contributed by atoms with E-state index < -0.39 is 11.3 Å². The number of carbonyl (C=O) groups is 2. The second-order valence-corrected chi connectivity index (χ2v) is 5.81. The largest absolute Gasteiger partial charge is 0.348 e. The average Bonchev–Trinajstić information content (AvgIpc) is 2.75. The van der Waals surface area contributed by atoms with Crippen molar-refractivity contribution in [1.29, 1.82) is 0 Å². The smallest absolute Gasteiger partial charge is 0.286 e. The van der Waals surface area contributed by atoms with Crippen molar-refractivity contribution in [3.05, 3.63) is 16.6 Å². The normalized spacial score (nSPS) is 12.9. The molecule has 0 fully saturated rings.